The third-order valence-electron chi connectivity index (χ3n) is 3.01. The number of nitrogens with one attached hydrogen (secondary N) is 3. The van der Waals surface area contributed by atoms with E-state index in [1.807, 2.05) is 13.8 Å². The first-order chi connectivity index (χ1) is 10.4. The number of anilines is 1. The highest BCUT2D eigenvalue weighted by molar-refractivity contribution is 6.01. The van der Waals surface area contributed by atoms with Crippen molar-refractivity contribution >= 4 is 17.0 Å². The second-order valence-electron chi connectivity index (χ2n) is 4.92. The molecular formula is C16H23FN4O. The Hall–Kier alpha value is -2.24. The van der Waals surface area contributed by atoms with E-state index in [-0.39, 0.29) is 28.6 Å². The standard InChI is InChI=1S/C16H23FN4O/c1-5-7-11(9-10(3)17)15-20-13(12(18)8-6-2)14(19-4)16(22)21-15/h7,9,18-19H,5-6,8H2,1-4H3,(H,20,21,22)/b10-9+,11-7+,18-12?. The van der Waals surface area contributed by atoms with Gasteiger partial charge in [0.1, 0.15) is 17.2 Å². The van der Waals surface area contributed by atoms with Crippen LogP contribution in [0.1, 0.15) is 51.6 Å². The molecule has 6 heteroatoms. The van der Waals surface area contributed by atoms with Crippen LogP contribution in [0.2, 0.25) is 0 Å². The molecule has 0 aliphatic heterocycles. The second-order valence-corrected chi connectivity index (χ2v) is 4.92. The Morgan fingerprint density at radius 1 is 1.45 bits per heavy atom. The Morgan fingerprint density at radius 3 is 2.64 bits per heavy atom. The molecule has 0 amide bonds. The summed E-state index contributed by atoms with van der Waals surface area (Å²) in [5, 5.41) is 10.9. The van der Waals surface area contributed by atoms with Crippen LogP contribution >= 0.6 is 0 Å². The number of aromatic amines is 1. The molecule has 0 unspecified atom stereocenters. The molecule has 1 aromatic rings. The van der Waals surface area contributed by atoms with Crippen LogP contribution in [0.4, 0.5) is 10.1 Å². The fourth-order valence-electron chi connectivity index (χ4n) is 2.09. The van der Waals surface area contributed by atoms with E-state index in [4.69, 9.17) is 5.41 Å². The Bertz CT molecular complexity index is 655. The molecule has 0 saturated heterocycles. The first-order valence-corrected chi connectivity index (χ1v) is 7.38. The summed E-state index contributed by atoms with van der Waals surface area (Å²) < 4.78 is 13.2. The highest BCUT2D eigenvalue weighted by Gasteiger charge is 2.15. The summed E-state index contributed by atoms with van der Waals surface area (Å²) in [5.41, 5.74) is 1.01. The van der Waals surface area contributed by atoms with Crippen molar-refractivity contribution in [2.75, 3.05) is 12.4 Å². The van der Waals surface area contributed by atoms with Gasteiger partial charge in [-0.05, 0) is 25.8 Å². The number of nitrogens with zero attached hydrogens (tertiary/aromatic N) is 1. The Balaban J connectivity index is 3.51. The number of rotatable bonds is 7. The van der Waals surface area contributed by atoms with Crippen molar-refractivity contribution in [2.45, 2.75) is 40.0 Å². The molecule has 0 atom stereocenters. The van der Waals surface area contributed by atoms with Crippen molar-refractivity contribution < 1.29 is 4.39 Å². The van der Waals surface area contributed by atoms with Crippen LogP contribution in [0.3, 0.4) is 0 Å². The number of H-pyrrole nitrogens is 1. The summed E-state index contributed by atoms with van der Waals surface area (Å²) in [7, 11) is 1.61. The van der Waals surface area contributed by atoms with Crippen LogP contribution in [-0.4, -0.2) is 22.7 Å². The van der Waals surface area contributed by atoms with Gasteiger partial charge in [-0.1, -0.05) is 26.3 Å². The van der Waals surface area contributed by atoms with Gasteiger partial charge in [0.25, 0.3) is 5.56 Å². The Morgan fingerprint density at radius 2 is 2.14 bits per heavy atom. The topological polar surface area (TPSA) is 81.6 Å². The van der Waals surface area contributed by atoms with Gasteiger partial charge in [0, 0.05) is 12.6 Å². The molecule has 0 bridgehead atoms. The third-order valence-corrected chi connectivity index (χ3v) is 3.01. The fraction of sp³-hybridized carbons (Fsp3) is 0.438. The highest BCUT2D eigenvalue weighted by Crippen LogP contribution is 2.18. The second kappa shape index (κ2) is 8.26. The van der Waals surface area contributed by atoms with E-state index in [1.54, 1.807) is 13.1 Å². The summed E-state index contributed by atoms with van der Waals surface area (Å²) >= 11 is 0. The smallest absolute Gasteiger partial charge is 0.275 e. The zero-order valence-corrected chi connectivity index (χ0v) is 13.5. The summed E-state index contributed by atoms with van der Waals surface area (Å²) in [6, 6.07) is 0. The van der Waals surface area contributed by atoms with Gasteiger partial charge in [-0.2, -0.15) is 0 Å². The van der Waals surface area contributed by atoms with Gasteiger partial charge >= 0.3 is 0 Å². The quantitative estimate of drug-likeness (QED) is 0.531. The molecule has 0 fully saturated rings. The molecule has 120 valence electrons. The SMILES string of the molecule is CC/C=C(\C=C(/C)F)c1nc(C(=N)CCC)c(NC)c(=O)[nH]1. The normalized spacial score (nSPS) is 12.4. The van der Waals surface area contributed by atoms with Crippen molar-refractivity contribution in [3.05, 3.63) is 39.9 Å². The minimum atomic E-state index is -0.370. The van der Waals surface area contributed by atoms with Crippen molar-refractivity contribution in [1.29, 1.82) is 5.41 Å². The maximum Gasteiger partial charge on any atom is 0.275 e. The highest BCUT2D eigenvalue weighted by atomic mass is 19.1. The van der Waals surface area contributed by atoms with E-state index in [2.05, 4.69) is 15.3 Å². The molecule has 0 spiro atoms. The van der Waals surface area contributed by atoms with Crippen LogP contribution in [0.5, 0.6) is 0 Å². The van der Waals surface area contributed by atoms with Crippen molar-refractivity contribution in [2.24, 2.45) is 0 Å². The number of aromatic nitrogens is 2. The predicted molar refractivity (Wildman–Crippen MR) is 89.3 cm³/mol. The lowest BCUT2D eigenvalue weighted by Crippen LogP contribution is -2.21. The van der Waals surface area contributed by atoms with Crippen LogP contribution in [0.25, 0.3) is 5.57 Å². The Labute approximate surface area is 129 Å². The maximum atomic E-state index is 13.2. The zero-order chi connectivity index (χ0) is 16.7. The van der Waals surface area contributed by atoms with Gasteiger partial charge in [0.2, 0.25) is 0 Å². The van der Waals surface area contributed by atoms with E-state index in [1.165, 1.54) is 13.0 Å². The molecule has 3 N–H and O–H groups in total. The van der Waals surface area contributed by atoms with Gasteiger partial charge in [-0.3, -0.25) is 4.79 Å². The largest absolute Gasteiger partial charge is 0.382 e. The summed E-state index contributed by atoms with van der Waals surface area (Å²) in [6.07, 6.45) is 5.10. The van der Waals surface area contributed by atoms with Crippen LogP contribution in [0.15, 0.2) is 22.8 Å². The fourth-order valence-corrected chi connectivity index (χ4v) is 2.09. The van der Waals surface area contributed by atoms with Gasteiger partial charge < -0.3 is 15.7 Å². The van der Waals surface area contributed by atoms with Crippen molar-refractivity contribution in [1.82, 2.24) is 9.97 Å². The van der Waals surface area contributed by atoms with E-state index in [0.29, 0.717) is 24.1 Å². The summed E-state index contributed by atoms with van der Waals surface area (Å²) in [5.74, 6) is -0.0936. The third kappa shape index (κ3) is 4.38. The lowest BCUT2D eigenvalue weighted by atomic mass is 10.1. The van der Waals surface area contributed by atoms with Gasteiger partial charge in [0.15, 0.2) is 0 Å². The number of allylic oxidation sites excluding steroid dienone is 4. The molecule has 0 saturated carbocycles. The monoisotopic (exact) mass is 306 g/mol. The molecule has 0 aliphatic rings. The number of hydrogen-bond donors (Lipinski definition) is 3. The van der Waals surface area contributed by atoms with Crippen LogP contribution < -0.4 is 10.9 Å². The molecule has 1 heterocycles. The number of hydrogen-bond acceptors (Lipinski definition) is 4. The van der Waals surface area contributed by atoms with E-state index >= 15 is 0 Å². The molecule has 1 aromatic heterocycles. The van der Waals surface area contributed by atoms with Crippen LogP contribution in [-0.2, 0) is 0 Å². The first-order valence-electron chi connectivity index (χ1n) is 7.38. The van der Waals surface area contributed by atoms with Crippen molar-refractivity contribution in [3.63, 3.8) is 0 Å². The predicted octanol–water partition coefficient (Wildman–Crippen LogP) is 3.65. The molecule has 5 nitrogen and oxygen atoms in total. The molecular weight excluding hydrogens is 283 g/mol. The zero-order valence-electron chi connectivity index (χ0n) is 13.5. The lowest BCUT2D eigenvalue weighted by molar-refractivity contribution is 0.641. The Kier molecular flexibility index (Phi) is 6.69. The average molecular weight is 306 g/mol. The van der Waals surface area contributed by atoms with E-state index < -0.39 is 0 Å². The molecule has 0 aliphatic carbocycles. The van der Waals surface area contributed by atoms with Gasteiger partial charge in [0.05, 0.1) is 11.5 Å². The molecule has 0 aromatic carbocycles. The molecule has 22 heavy (non-hydrogen) atoms. The van der Waals surface area contributed by atoms with E-state index in [0.717, 1.165) is 6.42 Å². The summed E-state index contributed by atoms with van der Waals surface area (Å²) in [6.45, 7) is 5.21. The number of halogens is 1. The summed E-state index contributed by atoms with van der Waals surface area (Å²) in [4.78, 5) is 19.2. The average Bonchev–Trinajstić information content (AvgIpc) is 2.45. The first kappa shape index (κ1) is 17.8. The van der Waals surface area contributed by atoms with E-state index in [9.17, 15) is 9.18 Å². The van der Waals surface area contributed by atoms with Crippen LogP contribution in [0, 0.1) is 5.41 Å². The maximum absolute atomic E-state index is 13.2. The minimum Gasteiger partial charge on any atom is -0.382 e. The van der Waals surface area contributed by atoms with Crippen molar-refractivity contribution in [3.8, 4) is 0 Å². The molecule has 1 rings (SSSR count). The lowest BCUT2D eigenvalue weighted by Gasteiger charge is -2.11. The molecule has 0 radical (unpaired) electrons. The van der Waals surface area contributed by atoms with Gasteiger partial charge in [-0.15, -0.1) is 0 Å². The minimum absolute atomic E-state index is 0.263. The van der Waals surface area contributed by atoms with Gasteiger partial charge in [-0.25, -0.2) is 9.37 Å².